The van der Waals surface area contributed by atoms with Crippen molar-refractivity contribution in [2.24, 2.45) is 4.99 Å². The molecule has 1 aliphatic rings. The van der Waals surface area contributed by atoms with Gasteiger partial charge in [-0.05, 0) is 19.6 Å². The van der Waals surface area contributed by atoms with Gasteiger partial charge in [-0.2, -0.15) is 0 Å². The quantitative estimate of drug-likeness (QED) is 0.487. The molecule has 46 valence electrons. The number of rotatable bonds is 2. The molecule has 0 unspecified atom stereocenters. The molecule has 8 heavy (non-hydrogen) atoms. The molecule has 0 aromatic heterocycles. The van der Waals surface area contributed by atoms with E-state index in [1.54, 1.807) is 7.11 Å². The number of hydrogen-bond donors (Lipinski definition) is 0. The summed E-state index contributed by atoms with van der Waals surface area (Å²) in [5.41, 5.74) is 0. The highest BCUT2D eigenvalue weighted by Gasteiger charge is 2.28. The van der Waals surface area contributed by atoms with Crippen LogP contribution in [0.15, 0.2) is 4.99 Å². The van der Waals surface area contributed by atoms with Gasteiger partial charge in [0.15, 0.2) is 0 Å². The molecular formula is C6H11NO. The van der Waals surface area contributed by atoms with Crippen LogP contribution in [0.25, 0.3) is 0 Å². The average molecular weight is 113 g/mol. The first-order valence-corrected chi connectivity index (χ1v) is 2.87. The van der Waals surface area contributed by atoms with E-state index in [-0.39, 0.29) is 0 Å². The van der Waals surface area contributed by atoms with E-state index >= 15 is 0 Å². The standard InChI is InChI=1S/C6H11NO/c1-7-5-3-4-6(5)8-2/h5-6H,1,3-4H2,2H3/t5-,6-/m0/s1. The summed E-state index contributed by atoms with van der Waals surface area (Å²) >= 11 is 0. The van der Waals surface area contributed by atoms with E-state index in [2.05, 4.69) is 11.7 Å². The maximum atomic E-state index is 5.06. The van der Waals surface area contributed by atoms with Crippen molar-refractivity contribution >= 4 is 6.72 Å². The van der Waals surface area contributed by atoms with Gasteiger partial charge in [-0.1, -0.05) is 0 Å². The van der Waals surface area contributed by atoms with E-state index in [0.29, 0.717) is 12.1 Å². The summed E-state index contributed by atoms with van der Waals surface area (Å²) in [7, 11) is 1.72. The first-order valence-electron chi connectivity index (χ1n) is 2.87. The molecule has 1 fully saturated rings. The molecule has 0 amide bonds. The molecule has 0 N–H and O–H groups in total. The lowest BCUT2D eigenvalue weighted by Crippen LogP contribution is -2.36. The van der Waals surface area contributed by atoms with Crippen molar-refractivity contribution in [3.63, 3.8) is 0 Å². The van der Waals surface area contributed by atoms with E-state index in [9.17, 15) is 0 Å². The Morgan fingerprint density at radius 2 is 2.38 bits per heavy atom. The van der Waals surface area contributed by atoms with Gasteiger partial charge in [-0.15, -0.1) is 0 Å². The Kier molecular flexibility index (Phi) is 1.63. The van der Waals surface area contributed by atoms with Gasteiger partial charge in [0.25, 0.3) is 0 Å². The van der Waals surface area contributed by atoms with E-state index in [1.807, 2.05) is 0 Å². The summed E-state index contributed by atoms with van der Waals surface area (Å²) in [4.78, 5) is 3.87. The van der Waals surface area contributed by atoms with E-state index in [1.165, 1.54) is 0 Å². The fraction of sp³-hybridized carbons (Fsp3) is 0.833. The van der Waals surface area contributed by atoms with Crippen LogP contribution in [0.4, 0.5) is 0 Å². The summed E-state index contributed by atoms with van der Waals surface area (Å²) in [5, 5.41) is 0. The van der Waals surface area contributed by atoms with Crippen LogP contribution in [-0.4, -0.2) is 26.0 Å². The van der Waals surface area contributed by atoms with Gasteiger partial charge in [-0.25, -0.2) is 0 Å². The fourth-order valence-corrected chi connectivity index (χ4v) is 0.936. The van der Waals surface area contributed by atoms with E-state index in [0.717, 1.165) is 12.8 Å². The molecule has 0 saturated heterocycles. The zero-order chi connectivity index (χ0) is 5.98. The molecule has 1 saturated carbocycles. The van der Waals surface area contributed by atoms with Gasteiger partial charge in [0, 0.05) is 7.11 Å². The van der Waals surface area contributed by atoms with Crippen LogP contribution in [-0.2, 0) is 4.74 Å². The minimum absolute atomic E-state index is 0.368. The minimum Gasteiger partial charge on any atom is -0.379 e. The van der Waals surface area contributed by atoms with Crippen molar-refractivity contribution in [3.8, 4) is 0 Å². The molecule has 1 rings (SSSR count). The Balaban J connectivity index is 2.26. The molecule has 0 aliphatic heterocycles. The summed E-state index contributed by atoms with van der Waals surface area (Å²) in [5.74, 6) is 0. The fourth-order valence-electron chi connectivity index (χ4n) is 0.936. The molecular weight excluding hydrogens is 102 g/mol. The molecule has 0 heterocycles. The SMILES string of the molecule is C=N[C@H]1CC[C@@H]1OC. The molecule has 0 bridgehead atoms. The summed E-state index contributed by atoms with van der Waals surface area (Å²) in [6.07, 6.45) is 2.68. The highest BCUT2D eigenvalue weighted by Crippen LogP contribution is 2.24. The molecule has 2 heteroatoms. The normalized spacial score (nSPS) is 36.1. The van der Waals surface area contributed by atoms with Gasteiger partial charge in [0.1, 0.15) is 0 Å². The molecule has 2 atom stereocenters. The second-order valence-corrected chi connectivity index (χ2v) is 2.10. The lowest BCUT2D eigenvalue weighted by molar-refractivity contribution is 0.0225. The van der Waals surface area contributed by atoms with E-state index < -0.39 is 0 Å². The van der Waals surface area contributed by atoms with Gasteiger partial charge >= 0.3 is 0 Å². The topological polar surface area (TPSA) is 21.6 Å². The van der Waals surface area contributed by atoms with Crippen LogP contribution in [0, 0.1) is 0 Å². The van der Waals surface area contributed by atoms with Crippen LogP contribution in [0.2, 0.25) is 0 Å². The predicted molar refractivity (Wildman–Crippen MR) is 33.4 cm³/mol. The Labute approximate surface area is 49.6 Å². The van der Waals surface area contributed by atoms with Crippen molar-refractivity contribution in [2.75, 3.05) is 7.11 Å². The van der Waals surface area contributed by atoms with Gasteiger partial charge < -0.3 is 4.74 Å². The highest BCUT2D eigenvalue weighted by atomic mass is 16.5. The molecule has 0 aromatic carbocycles. The zero-order valence-electron chi connectivity index (χ0n) is 5.13. The molecule has 0 aromatic rings. The van der Waals surface area contributed by atoms with Crippen LogP contribution in [0.3, 0.4) is 0 Å². The van der Waals surface area contributed by atoms with Crippen LogP contribution < -0.4 is 0 Å². The van der Waals surface area contributed by atoms with Crippen LogP contribution >= 0.6 is 0 Å². The molecule has 0 radical (unpaired) electrons. The summed E-state index contributed by atoms with van der Waals surface area (Å²) in [6.45, 7) is 3.45. The maximum Gasteiger partial charge on any atom is 0.0795 e. The molecule has 1 aliphatic carbocycles. The summed E-state index contributed by atoms with van der Waals surface area (Å²) < 4.78 is 5.06. The Morgan fingerprint density at radius 3 is 2.50 bits per heavy atom. The Hall–Kier alpha value is -0.370. The first kappa shape index (κ1) is 5.76. The highest BCUT2D eigenvalue weighted by molar-refractivity contribution is 5.25. The van der Waals surface area contributed by atoms with Crippen molar-refractivity contribution in [1.29, 1.82) is 0 Å². The van der Waals surface area contributed by atoms with Gasteiger partial charge in [0.2, 0.25) is 0 Å². The lowest BCUT2D eigenvalue weighted by atomic mass is 9.90. The number of methoxy groups -OCH3 is 1. The second-order valence-electron chi connectivity index (χ2n) is 2.10. The largest absolute Gasteiger partial charge is 0.379 e. The van der Waals surface area contributed by atoms with Gasteiger partial charge in [0.05, 0.1) is 12.1 Å². The van der Waals surface area contributed by atoms with Crippen LogP contribution in [0.1, 0.15) is 12.8 Å². The van der Waals surface area contributed by atoms with E-state index in [4.69, 9.17) is 4.74 Å². The van der Waals surface area contributed by atoms with Crippen molar-refractivity contribution in [3.05, 3.63) is 0 Å². The lowest BCUT2D eigenvalue weighted by Gasteiger charge is -2.31. The summed E-state index contributed by atoms with van der Waals surface area (Å²) in [6, 6.07) is 0.389. The number of nitrogens with zero attached hydrogens (tertiary/aromatic N) is 1. The number of ether oxygens (including phenoxy) is 1. The monoisotopic (exact) mass is 113 g/mol. The van der Waals surface area contributed by atoms with Crippen LogP contribution in [0.5, 0.6) is 0 Å². The second kappa shape index (κ2) is 2.27. The van der Waals surface area contributed by atoms with Crippen molar-refractivity contribution < 1.29 is 4.74 Å². The molecule has 2 nitrogen and oxygen atoms in total. The maximum absolute atomic E-state index is 5.06. The first-order chi connectivity index (χ1) is 3.88. The smallest absolute Gasteiger partial charge is 0.0795 e. The molecule has 0 spiro atoms. The number of aliphatic imine (C=N–C) groups is 1. The third-order valence-corrected chi connectivity index (χ3v) is 1.71. The zero-order valence-corrected chi connectivity index (χ0v) is 5.13. The van der Waals surface area contributed by atoms with Crippen molar-refractivity contribution in [1.82, 2.24) is 0 Å². The van der Waals surface area contributed by atoms with Gasteiger partial charge in [-0.3, -0.25) is 4.99 Å². The minimum atomic E-state index is 0.368. The van der Waals surface area contributed by atoms with Crippen molar-refractivity contribution in [2.45, 2.75) is 25.0 Å². The predicted octanol–water partition coefficient (Wildman–Crippen LogP) is 0.864. The average Bonchev–Trinajstić information content (AvgIpc) is 1.66. The number of hydrogen-bond acceptors (Lipinski definition) is 2. The third kappa shape index (κ3) is 0.757. The Bertz CT molecular complexity index is 90.5. The third-order valence-electron chi connectivity index (χ3n) is 1.71. The Morgan fingerprint density at radius 1 is 1.62 bits per heavy atom.